The molecule has 0 saturated carbocycles. The Bertz CT molecular complexity index is 397. The topological polar surface area (TPSA) is 87.0 Å². The second-order valence-corrected chi connectivity index (χ2v) is 3.07. The lowest BCUT2D eigenvalue weighted by molar-refractivity contribution is -0.452. The van der Waals surface area contributed by atoms with Gasteiger partial charge in [-0.25, -0.2) is 9.31 Å². The van der Waals surface area contributed by atoms with Crippen LogP contribution in [0.15, 0.2) is 6.20 Å². The molecule has 7 nitrogen and oxygen atoms in total. The molecule has 1 rings (SSSR count). The minimum absolute atomic E-state index is 0.272. The first-order chi connectivity index (χ1) is 7.06. The maximum absolute atomic E-state index is 11.2. The van der Waals surface area contributed by atoms with Gasteiger partial charge in [0.1, 0.15) is 0 Å². The molecule has 0 saturated heterocycles. The predicted octanol–water partition coefficient (Wildman–Crippen LogP) is 0.667. The zero-order valence-electron chi connectivity index (χ0n) is 8.58. The summed E-state index contributed by atoms with van der Waals surface area (Å²) in [5.41, 5.74) is 0.421. The number of aromatic nitrogens is 2. The highest BCUT2D eigenvalue weighted by atomic mass is 16.6. The molecular weight excluding hydrogens is 200 g/mol. The summed E-state index contributed by atoms with van der Waals surface area (Å²) in [4.78, 5) is 13.5. The third-order valence-electron chi connectivity index (χ3n) is 1.88. The van der Waals surface area contributed by atoms with E-state index in [1.807, 2.05) is 6.92 Å². The average Bonchev–Trinajstić information content (AvgIpc) is 2.48. The first-order valence-corrected chi connectivity index (χ1v) is 4.51. The summed E-state index contributed by atoms with van der Waals surface area (Å²) in [6, 6.07) is 0. The molecule has 0 atom stereocenters. The minimum atomic E-state index is -0.591. The molecule has 0 aromatic carbocycles. The van der Waals surface area contributed by atoms with E-state index in [1.165, 1.54) is 24.0 Å². The molecule has 0 N–H and O–H groups in total. The zero-order chi connectivity index (χ0) is 11.4. The molecule has 0 fully saturated rings. The van der Waals surface area contributed by atoms with E-state index in [0.717, 1.165) is 11.2 Å². The summed E-state index contributed by atoms with van der Waals surface area (Å²) in [7, 11) is 1.50. The van der Waals surface area contributed by atoms with Gasteiger partial charge in [0, 0.05) is 6.42 Å². The van der Waals surface area contributed by atoms with Crippen molar-refractivity contribution in [3.8, 4) is 0 Å². The Hall–Kier alpha value is -1.92. The van der Waals surface area contributed by atoms with Crippen LogP contribution in [0.2, 0.25) is 0 Å². The van der Waals surface area contributed by atoms with Gasteiger partial charge in [0.2, 0.25) is 11.9 Å². The van der Waals surface area contributed by atoms with Crippen molar-refractivity contribution in [1.29, 1.82) is 0 Å². The second-order valence-electron chi connectivity index (χ2n) is 3.07. The molecule has 82 valence electrons. The minimum Gasteiger partial charge on any atom is -0.624 e. The van der Waals surface area contributed by atoms with E-state index in [4.69, 9.17) is 0 Å². The van der Waals surface area contributed by atoms with E-state index < -0.39 is 4.92 Å². The van der Waals surface area contributed by atoms with Crippen LogP contribution in [0.3, 0.4) is 0 Å². The third kappa shape index (κ3) is 2.52. The molecule has 0 bridgehead atoms. The number of nitro groups is 1. The quantitative estimate of drug-likeness (QED) is 0.241. The number of rotatable bonds is 4. The average molecular weight is 212 g/mol. The van der Waals surface area contributed by atoms with Crippen LogP contribution >= 0.6 is 0 Å². The van der Waals surface area contributed by atoms with Gasteiger partial charge < -0.3 is 15.3 Å². The fourth-order valence-electron chi connectivity index (χ4n) is 1.13. The summed E-state index contributed by atoms with van der Waals surface area (Å²) in [6.07, 6.45) is 3.32. The monoisotopic (exact) mass is 212 g/mol. The molecule has 7 heteroatoms. The normalized spacial score (nSPS) is 11.7. The first-order valence-electron chi connectivity index (χ1n) is 4.51. The number of nitrogens with zero attached hydrogens (tertiary/aromatic N) is 4. The lowest BCUT2D eigenvalue weighted by Crippen LogP contribution is -2.09. The molecule has 0 aliphatic rings. The van der Waals surface area contributed by atoms with Crippen molar-refractivity contribution < 1.29 is 9.66 Å². The lowest BCUT2D eigenvalue weighted by Gasteiger charge is -2.00. The van der Waals surface area contributed by atoms with Gasteiger partial charge >= 0.3 is 5.95 Å². The van der Waals surface area contributed by atoms with Crippen molar-refractivity contribution in [2.75, 3.05) is 6.54 Å². The van der Waals surface area contributed by atoms with Crippen molar-refractivity contribution in [2.45, 2.75) is 13.3 Å². The zero-order valence-corrected chi connectivity index (χ0v) is 8.58. The van der Waals surface area contributed by atoms with Crippen LogP contribution in [-0.4, -0.2) is 32.0 Å². The molecule has 0 aliphatic carbocycles. The van der Waals surface area contributed by atoms with Crippen molar-refractivity contribution in [3.63, 3.8) is 0 Å². The molecule has 0 aliphatic heterocycles. The molecule has 0 amide bonds. The van der Waals surface area contributed by atoms with E-state index >= 15 is 0 Å². The summed E-state index contributed by atoms with van der Waals surface area (Å²) < 4.78 is 2.00. The molecule has 1 heterocycles. The lowest BCUT2D eigenvalue weighted by atomic mass is 10.4. The number of hydrogen-bond acceptors (Lipinski definition) is 4. The Kier molecular flexibility index (Phi) is 3.37. The molecular formula is C8H12N4O3. The van der Waals surface area contributed by atoms with Crippen LogP contribution in [0.1, 0.15) is 19.0 Å². The van der Waals surface area contributed by atoms with Crippen LogP contribution in [0.25, 0.3) is 0 Å². The van der Waals surface area contributed by atoms with E-state index in [1.54, 1.807) is 0 Å². The van der Waals surface area contributed by atoms with Gasteiger partial charge in [-0.2, -0.15) is 0 Å². The summed E-state index contributed by atoms with van der Waals surface area (Å²) >= 11 is 0. The standard InChI is InChI=1S/C8H12N4O3/c1-3-4-11(13)6-7-5-9-8(10(7)2)12(14)15/h5-6H,3-4H2,1-2H3. The van der Waals surface area contributed by atoms with Gasteiger partial charge in [0.15, 0.2) is 12.7 Å². The predicted molar refractivity (Wildman–Crippen MR) is 53.8 cm³/mol. The highest BCUT2D eigenvalue weighted by Crippen LogP contribution is 2.08. The molecule has 1 aromatic rings. The van der Waals surface area contributed by atoms with E-state index in [-0.39, 0.29) is 5.95 Å². The number of hydrogen-bond donors (Lipinski definition) is 0. The van der Waals surface area contributed by atoms with Gasteiger partial charge in [-0.1, -0.05) is 11.9 Å². The van der Waals surface area contributed by atoms with Crippen molar-refractivity contribution >= 4 is 12.2 Å². The van der Waals surface area contributed by atoms with Gasteiger partial charge in [-0.3, -0.25) is 0 Å². The van der Waals surface area contributed by atoms with Crippen LogP contribution in [0.4, 0.5) is 5.95 Å². The van der Waals surface area contributed by atoms with Crippen molar-refractivity contribution in [1.82, 2.24) is 9.55 Å². The second kappa shape index (κ2) is 4.54. The third-order valence-corrected chi connectivity index (χ3v) is 1.88. The van der Waals surface area contributed by atoms with Crippen LogP contribution in [0, 0.1) is 15.3 Å². The molecule has 1 aromatic heterocycles. The fraction of sp³-hybridized carbons (Fsp3) is 0.500. The maximum atomic E-state index is 11.2. The smallest absolute Gasteiger partial charge is 0.435 e. The van der Waals surface area contributed by atoms with Gasteiger partial charge in [-0.15, -0.1) is 0 Å². The van der Waals surface area contributed by atoms with Gasteiger partial charge in [0.25, 0.3) is 0 Å². The molecule has 0 spiro atoms. The Morgan fingerprint density at radius 3 is 2.73 bits per heavy atom. The Morgan fingerprint density at radius 2 is 2.27 bits per heavy atom. The molecule has 15 heavy (non-hydrogen) atoms. The largest absolute Gasteiger partial charge is 0.624 e. The highest BCUT2D eigenvalue weighted by molar-refractivity contribution is 5.73. The first kappa shape index (κ1) is 11.2. The van der Waals surface area contributed by atoms with Crippen molar-refractivity contribution in [3.05, 3.63) is 27.2 Å². The molecule has 0 unspecified atom stereocenters. The van der Waals surface area contributed by atoms with Gasteiger partial charge in [-0.05, 0) is 4.92 Å². The van der Waals surface area contributed by atoms with E-state index in [9.17, 15) is 15.3 Å². The Balaban J connectivity index is 2.97. The number of hydroxylamine groups is 1. The van der Waals surface area contributed by atoms with Crippen LogP contribution < -0.4 is 0 Å². The van der Waals surface area contributed by atoms with E-state index in [2.05, 4.69) is 4.98 Å². The number of imidazole rings is 1. The van der Waals surface area contributed by atoms with Crippen LogP contribution in [0.5, 0.6) is 0 Å². The Labute approximate surface area is 86.4 Å². The van der Waals surface area contributed by atoms with Gasteiger partial charge in [0.05, 0.1) is 7.05 Å². The summed E-state index contributed by atoms with van der Waals surface area (Å²) in [6.45, 7) is 2.24. The molecule has 0 radical (unpaired) electrons. The summed E-state index contributed by atoms with van der Waals surface area (Å²) in [5.74, 6) is -0.272. The van der Waals surface area contributed by atoms with E-state index in [0.29, 0.717) is 12.2 Å². The maximum Gasteiger partial charge on any atom is 0.435 e. The fourth-order valence-corrected chi connectivity index (χ4v) is 1.13. The Morgan fingerprint density at radius 1 is 1.60 bits per heavy atom. The summed E-state index contributed by atoms with van der Waals surface area (Å²) in [5, 5.41) is 21.7. The SMILES string of the molecule is CCC[N+]([O-])=Cc1cnc([N+](=O)[O-])n1C. The van der Waals surface area contributed by atoms with Crippen molar-refractivity contribution in [2.24, 2.45) is 7.05 Å². The van der Waals surface area contributed by atoms with Crippen LogP contribution in [-0.2, 0) is 7.05 Å². The highest BCUT2D eigenvalue weighted by Gasteiger charge is 2.17.